The second kappa shape index (κ2) is 5.60. The molecule has 0 aliphatic heterocycles. The van der Waals surface area contributed by atoms with Crippen LogP contribution in [-0.4, -0.2) is 18.4 Å². The number of hydrogen-bond donors (Lipinski definition) is 1. The van der Waals surface area contributed by atoms with Gasteiger partial charge in [0.1, 0.15) is 4.60 Å². The van der Waals surface area contributed by atoms with Gasteiger partial charge in [-0.1, -0.05) is 12.1 Å². The predicted octanol–water partition coefficient (Wildman–Crippen LogP) is 3.06. The standard InChI is InChI=1S/C11H7BrF3N3O2S/c12-9-5-17-10(6-16-9)18-21(19,20)8-4-2-1-3-7(8)11(13,14)15/h1-6H,(H,17,18). The Kier molecular flexibility index (Phi) is 4.19. The third-order valence-corrected chi connectivity index (χ3v) is 4.16. The maximum Gasteiger partial charge on any atom is 0.417 e. The summed E-state index contributed by atoms with van der Waals surface area (Å²) in [6, 6.07) is 3.89. The van der Waals surface area contributed by atoms with Crippen LogP contribution in [0.25, 0.3) is 0 Å². The van der Waals surface area contributed by atoms with Gasteiger partial charge in [-0.2, -0.15) is 13.2 Å². The summed E-state index contributed by atoms with van der Waals surface area (Å²) in [4.78, 5) is 6.56. The first-order chi connectivity index (χ1) is 9.70. The van der Waals surface area contributed by atoms with Gasteiger partial charge in [-0.25, -0.2) is 18.4 Å². The summed E-state index contributed by atoms with van der Waals surface area (Å²) in [5.74, 6) is -0.185. The van der Waals surface area contributed by atoms with Crippen LogP contribution in [0, 0.1) is 0 Å². The quantitative estimate of drug-likeness (QED) is 0.886. The van der Waals surface area contributed by atoms with E-state index in [-0.39, 0.29) is 5.82 Å². The number of nitrogens with one attached hydrogen (secondary N) is 1. The lowest BCUT2D eigenvalue weighted by molar-refractivity contribution is -0.139. The summed E-state index contributed by atoms with van der Waals surface area (Å²) in [7, 11) is -4.43. The topological polar surface area (TPSA) is 72.0 Å². The van der Waals surface area contributed by atoms with E-state index in [1.165, 1.54) is 12.3 Å². The lowest BCUT2D eigenvalue weighted by atomic mass is 10.2. The molecule has 0 fully saturated rings. The molecule has 0 amide bonds. The van der Waals surface area contributed by atoms with E-state index < -0.39 is 26.7 Å². The Bertz CT molecular complexity index is 748. The van der Waals surface area contributed by atoms with Gasteiger partial charge in [0.15, 0.2) is 5.82 Å². The van der Waals surface area contributed by atoms with Crippen LogP contribution in [0.2, 0.25) is 0 Å². The van der Waals surface area contributed by atoms with Crippen LogP contribution in [0.3, 0.4) is 0 Å². The summed E-state index contributed by atoms with van der Waals surface area (Å²) >= 11 is 3.01. The third kappa shape index (κ3) is 3.70. The number of nitrogens with zero attached hydrogens (tertiary/aromatic N) is 2. The minimum Gasteiger partial charge on any atom is -0.262 e. The normalized spacial score (nSPS) is 12.2. The Morgan fingerprint density at radius 3 is 2.33 bits per heavy atom. The van der Waals surface area contributed by atoms with Crippen molar-refractivity contribution in [3.05, 3.63) is 46.8 Å². The maximum absolute atomic E-state index is 12.8. The van der Waals surface area contributed by atoms with Gasteiger partial charge in [-0.15, -0.1) is 0 Å². The van der Waals surface area contributed by atoms with Crippen LogP contribution in [0.1, 0.15) is 5.56 Å². The maximum atomic E-state index is 12.8. The number of aromatic nitrogens is 2. The average Bonchev–Trinajstić information content (AvgIpc) is 2.40. The van der Waals surface area contributed by atoms with Gasteiger partial charge in [0.05, 0.1) is 22.9 Å². The Labute approximate surface area is 126 Å². The summed E-state index contributed by atoms with van der Waals surface area (Å²) in [6.45, 7) is 0. The van der Waals surface area contributed by atoms with Gasteiger partial charge in [0, 0.05) is 0 Å². The zero-order valence-corrected chi connectivity index (χ0v) is 12.5. The molecule has 1 N–H and O–H groups in total. The molecular formula is C11H7BrF3N3O2S. The molecule has 0 unspecified atom stereocenters. The summed E-state index contributed by atoms with van der Waals surface area (Å²) < 4.78 is 65.0. The molecule has 2 rings (SSSR count). The van der Waals surface area contributed by atoms with Crippen molar-refractivity contribution in [2.45, 2.75) is 11.1 Å². The monoisotopic (exact) mass is 381 g/mol. The number of benzene rings is 1. The van der Waals surface area contributed by atoms with Gasteiger partial charge in [-0.05, 0) is 28.1 Å². The molecule has 112 valence electrons. The van der Waals surface area contributed by atoms with E-state index in [0.29, 0.717) is 10.7 Å². The van der Waals surface area contributed by atoms with E-state index >= 15 is 0 Å². The van der Waals surface area contributed by atoms with Crippen LogP contribution in [0.15, 0.2) is 46.2 Å². The highest BCUT2D eigenvalue weighted by atomic mass is 79.9. The van der Waals surface area contributed by atoms with Crippen molar-refractivity contribution in [2.24, 2.45) is 0 Å². The minimum atomic E-state index is -4.78. The molecule has 1 aromatic heterocycles. The number of rotatable bonds is 3. The fourth-order valence-electron chi connectivity index (χ4n) is 1.49. The molecule has 10 heteroatoms. The second-order valence-corrected chi connectivity index (χ2v) is 6.29. The van der Waals surface area contributed by atoms with Gasteiger partial charge in [0.2, 0.25) is 0 Å². The van der Waals surface area contributed by atoms with Crippen LogP contribution in [0.4, 0.5) is 19.0 Å². The number of alkyl halides is 3. The van der Waals surface area contributed by atoms with Crippen molar-refractivity contribution in [3.8, 4) is 0 Å². The number of sulfonamides is 1. The molecule has 0 atom stereocenters. The van der Waals surface area contributed by atoms with Crippen molar-refractivity contribution in [1.29, 1.82) is 0 Å². The van der Waals surface area contributed by atoms with Crippen molar-refractivity contribution in [1.82, 2.24) is 9.97 Å². The molecule has 0 bridgehead atoms. The first-order valence-electron chi connectivity index (χ1n) is 5.37. The van der Waals surface area contributed by atoms with E-state index in [2.05, 4.69) is 25.9 Å². The van der Waals surface area contributed by atoms with E-state index in [9.17, 15) is 21.6 Å². The lowest BCUT2D eigenvalue weighted by Crippen LogP contribution is -2.19. The van der Waals surface area contributed by atoms with Crippen molar-refractivity contribution >= 4 is 31.8 Å². The molecular weight excluding hydrogens is 375 g/mol. The molecule has 2 aromatic rings. The molecule has 0 spiro atoms. The second-order valence-electron chi connectivity index (χ2n) is 3.82. The van der Waals surface area contributed by atoms with Crippen LogP contribution in [-0.2, 0) is 16.2 Å². The number of anilines is 1. The summed E-state index contributed by atoms with van der Waals surface area (Å²) in [5.41, 5.74) is -1.25. The van der Waals surface area contributed by atoms with Gasteiger partial charge in [-0.3, -0.25) is 4.72 Å². The fraction of sp³-hybridized carbons (Fsp3) is 0.0909. The zero-order valence-electron chi connectivity index (χ0n) is 10.1. The lowest BCUT2D eigenvalue weighted by Gasteiger charge is -2.13. The highest BCUT2D eigenvalue weighted by Crippen LogP contribution is 2.34. The zero-order chi connectivity index (χ0) is 15.7. The van der Waals surface area contributed by atoms with Crippen molar-refractivity contribution in [3.63, 3.8) is 0 Å². The molecule has 0 saturated heterocycles. The fourth-order valence-corrected chi connectivity index (χ4v) is 2.92. The largest absolute Gasteiger partial charge is 0.417 e. The number of halogens is 4. The Hall–Kier alpha value is -1.68. The van der Waals surface area contributed by atoms with Crippen LogP contribution in [0.5, 0.6) is 0 Å². The van der Waals surface area contributed by atoms with Gasteiger partial charge < -0.3 is 0 Å². The predicted molar refractivity (Wildman–Crippen MR) is 72.0 cm³/mol. The Morgan fingerprint density at radius 2 is 1.76 bits per heavy atom. The molecule has 0 aliphatic carbocycles. The van der Waals surface area contributed by atoms with Crippen LogP contribution >= 0.6 is 15.9 Å². The highest BCUT2D eigenvalue weighted by molar-refractivity contribution is 9.10. The summed E-state index contributed by atoms with van der Waals surface area (Å²) in [6.07, 6.45) is -2.48. The molecule has 0 saturated carbocycles. The molecule has 21 heavy (non-hydrogen) atoms. The summed E-state index contributed by atoms with van der Waals surface area (Å²) in [5, 5.41) is 0. The van der Waals surface area contributed by atoms with Gasteiger partial charge in [0.25, 0.3) is 10.0 Å². The average molecular weight is 382 g/mol. The van der Waals surface area contributed by atoms with Crippen molar-refractivity contribution < 1.29 is 21.6 Å². The van der Waals surface area contributed by atoms with Gasteiger partial charge >= 0.3 is 6.18 Å². The first-order valence-corrected chi connectivity index (χ1v) is 7.64. The molecule has 0 radical (unpaired) electrons. The van der Waals surface area contributed by atoms with Crippen LogP contribution < -0.4 is 4.72 Å². The highest BCUT2D eigenvalue weighted by Gasteiger charge is 2.36. The molecule has 1 aromatic carbocycles. The Morgan fingerprint density at radius 1 is 1.10 bits per heavy atom. The smallest absolute Gasteiger partial charge is 0.262 e. The third-order valence-electron chi connectivity index (χ3n) is 2.34. The minimum absolute atomic E-state index is 0.185. The van der Waals surface area contributed by atoms with E-state index in [4.69, 9.17) is 0 Å². The molecule has 5 nitrogen and oxygen atoms in total. The molecule has 0 aliphatic rings. The van der Waals surface area contributed by atoms with Crippen molar-refractivity contribution in [2.75, 3.05) is 4.72 Å². The van der Waals surface area contributed by atoms with E-state index in [0.717, 1.165) is 18.3 Å². The molecule has 1 heterocycles. The van der Waals surface area contributed by atoms with E-state index in [1.807, 2.05) is 4.72 Å². The number of hydrogen-bond acceptors (Lipinski definition) is 4. The SMILES string of the molecule is O=S(=O)(Nc1cnc(Br)cn1)c1ccccc1C(F)(F)F. The van der Waals surface area contributed by atoms with E-state index in [1.54, 1.807) is 0 Å². The Balaban J connectivity index is 2.43. The first kappa shape index (κ1) is 15.7.